The van der Waals surface area contributed by atoms with Crippen LogP contribution in [0.15, 0.2) is 53.5 Å². The molecule has 1 atom stereocenters. The van der Waals surface area contributed by atoms with Crippen molar-refractivity contribution in [2.75, 3.05) is 19.0 Å². The summed E-state index contributed by atoms with van der Waals surface area (Å²) in [5.41, 5.74) is 0.210. The average Bonchev–Trinajstić information content (AvgIpc) is 2.80. The second kappa shape index (κ2) is 11.3. The maximum atomic E-state index is 12.7. The lowest BCUT2D eigenvalue weighted by Crippen LogP contribution is -2.45. The highest BCUT2D eigenvalue weighted by molar-refractivity contribution is 5.82. The summed E-state index contributed by atoms with van der Waals surface area (Å²) < 4.78 is 9.99. The molecule has 0 radical (unpaired) electrons. The standard InChI is InChI=1S/C25H29N5O5/c1-25(2,3)35-24(33)29-19(23(32)34-4)15-21-28-18-11-10-16(14-17(18)22(31)30-21)8-7-13-27-20-9-5-6-12-26-20/h5-12,14,19H,13,15H2,1-4H3,(H,26,27)(H,29,33)(H,28,30,31)/b8-7+/t19-/m0/s1. The van der Waals surface area contributed by atoms with E-state index in [2.05, 4.69) is 25.6 Å². The lowest BCUT2D eigenvalue weighted by atomic mass is 10.1. The van der Waals surface area contributed by atoms with Crippen molar-refractivity contribution in [3.63, 3.8) is 0 Å². The van der Waals surface area contributed by atoms with Crippen molar-refractivity contribution in [3.05, 3.63) is 70.4 Å². The average molecular weight is 480 g/mol. The summed E-state index contributed by atoms with van der Waals surface area (Å²) >= 11 is 0. The fourth-order valence-electron chi connectivity index (χ4n) is 3.21. The van der Waals surface area contributed by atoms with Crippen molar-refractivity contribution < 1.29 is 19.1 Å². The number of rotatable bonds is 8. The number of carbonyl (C=O) groups excluding carboxylic acids is 2. The van der Waals surface area contributed by atoms with E-state index in [1.807, 2.05) is 36.4 Å². The number of aromatic nitrogens is 3. The molecular weight excluding hydrogens is 450 g/mol. The van der Waals surface area contributed by atoms with E-state index in [1.165, 1.54) is 7.11 Å². The highest BCUT2D eigenvalue weighted by Gasteiger charge is 2.26. The number of benzene rings is 1. The Bertz CT molecular complexity index is 1260. The monoisotopic (exact) mass is 479 g/mol. The predicted molar refractivity (Wildman–Crippen MR) is 133 cm³/mol. The molecule has 10 nitrogen and oxygen atoms in total. The third kappa shape index (κ3) is 7.66. The van der Waals surface area contributed by atoms with Gasteiger partial charge in [-0.05, 0) is 50.6 Å². The molecule has 2 aromatic heterocycles. The molecule has 0 spiro atoms. The molecule has 0 aliphatic heterocycles. The summed E-state index contributed by atoms with van der Waals surface area (Å²) in [5.74, 6) is 0.325. The van der Waals surface area contributed by atoms with Gasteiger partial charge in [0.15, 0.2) is 0 Å². The first-order valence-electron chi connectivity index (χ1n) is 11.1. The molecule has 0 unspecified atom stereocenters. The summed E-state index contributed by atoms with van der Waals surface area (Å²) in [5, 5.41) is 6.05. The summed E-state index contributed by atoms with van der Waals surface area (Å²) in [6.45, 7) is 5.70. The maximum absolute atomic E-state index is 12.7. The number of alkyl carbamates (subject to hydrolysis) is 1. The molecule has 1 aromatic carbocycles. The first-order chi connectivity index (χ1) is 16.6. The molecule has 1 amide bonds. The molecule has 0 saturated carbocycles. The number of amides is 1. The number of ether oxygens (including phenoxy) is 2. The third-order valence-electron chi connectivity index (χ3n) is 4.73. The Morgan fingerprint density at radius 3 is 2.69 bits per heavy atom. The van der Waals surface area contributed by atoms with Crippen LogP contribution in [0.5, 0.6) is 0 Å². The summed E-state index contributed by atoms with van der Waals surface area (Å²) in [6, 6.07) is 9.85. The molecule has 10 heteroatoms. The zero-order valence-electron chi connectivity index (χ0n) is 20.1. The quantitative estimate of drug-likeness (QED) is 0.420. The third-order valence-corrected chi connectivity index (χ3v) is 4.73. The van der Waals surface area contributed by atoms with Gasteiger partial charge >= 0.3 is 12.1 Å². The fourth-order valence-corrected chi connectivity index (χ4v) is 3.21. The minimum absolute atomic E-state index is 0.0715. The van der Waals surface area contributed by atoms with Crippen molar-refractivity contribution in [1.82, 2.24) is 20.3 Å². The topological polar surface area (TPSA) is 135 Å². The van der Waals surface area contributed by atoms with E-state index < -0.39 is 23.7 Å². The molecule has 0 aliphatic carbocycles. The van der Waals surface area contributed by atoms with Crippen LogP contribution in [-0.4, -0.2) is 52.3 Å². The van der Waals surface area contributed by atoms with Crippen molar-refractivity contribution in [2.24, 2.45) is 0 Å². The Labute approximate surface area is 202 Å². The van der Waals surface area contributed by atoms with Crippen LogP contribution in [-0.2, 0) is 20.7 Å². The number of pyridine rings is 1. The van der Waals surface area contributed by atoms with Gasteiger partial charge in [0.05, 0.1) is 18.0 Å². The predicted octanol–water partition coefficient (Wildman–Crippen LogP) is 3.05. The van der Waals surface area contributed by atoms with Gasteiger partial charge < -0.3 is 25.1 Å². The van der Waals surface area contributed by atoms with E-state index in [1.54, 1.807) is 39.1 Å². The van der Waals surface area contributed by atoms with Crippen LogP contribution in [0.3, 0.4) is 0 Å². The first kappa shape index (κ1) is 25.4. The largest absolute Gasteiger partial charge is 0.467 e. The van der Waals surface area contributed by atoms with Gasteiger partial charge in [-0.2, -0.15) is 0 Å². The minimum atomic E-state index is -1.08. The van der Waals surface area contributed by atoms with Crippen molar-refractivity contribution in [3.8, 4) is 0 Å². The molecule has 2 heterocycles. The number of nitrogens with zero attached hydrogens (tertiary/aromatic N) is 2. The Morgan fingerprint density at radius 1 is 1.20 bits per heavy atom. The number of hydrogen-bond donors (Lipinski definition) is 3. The first-order valence-corrected chi connectivity index (χ1v) is 11.1. The van der Waals surface area contributed by atoms with Crippen LogP contribution in [0.25, 0.3) is 17.0 Å². The number of H-pyrrole nitrogens is 1. The smallest absolute Gasteiger partial charge is 0.408 e. The summed E-state index contributed by atoms with van der Waals surface area (Å²) in [4.78, 5) is 48.4. The van der Waals surface area contributed by atoms with Crippen molar-refractivity contribution in [1.29, 1.82) is 0 Å². The molecule has 0 saturated heterocycles. The van der Waals surface area contributed by atoms with E-state index in [4.69, 9.17) is 9.47 Å². The summed E-state index contributed by atoms with van der Waals surface area (Å²) in [7, 11) is 1.21. The van der Waals surface area contributed by atoms with Crippen LogP contribution in [0.4, 0.5) is 10.6 Å². The lowest BCUT2D eigenvalue weighted by molar-refractivity contribution is -0.143. The van der Waals surface area contributed by atoms with Crippen LogP contribution in [0.1, 0.15) is 32.2 Å². The fraction of sp³-hybridized carbons (Fsp3) is 0.320. The number of aromatic amines is 1. The van der Waals surface area contributed by atoms with E-state index >= 15 is 0 Å². The zero-order chi connectivity index (χ0) is 25.4. The lowest BCUT2D eigenvalue weighted by Gasteiger charge is -2.22. The zero-order valence-corrected chi connectivity index (χ0v) is 20.1. The van der Waals surface area contributed by atoms with Gasteiger partial charge in [-0.15, -0.1) is 0 Å². The van der Waals surface area contributed by atoms with Crippen molar-refractivity contribution in [2.45, 2.75) is 38.8 Å². The molecule has 0 fully saturated rings. The van der Waals surface area contributed by atoms with E-state index in [-0.39, 0.29) is 17.8 Å². The van der Waals surface area contributed by atoms with Crippen LogP contribution in [0, 0.1) is 0 Å². The number of fused-ring (bicyclic) bond motifs is 1. The highest BCUT2D eigenvalue weighted by atomic mass is 16.6. The van der Waals surface area contributed by atoms with Crippen LogP contribution in [0.2, 0.25) is 0 Å². The van der Waals surface area contributed by atoms with Gasteiger partial charge in [0.25, 0.3) is 5.56 Å². The number of anilines is 1. The summed E-state index contributed by atoms with van der Waals surface area (Å²) in [6.07, 6.45) is 4.68. The Kier molecular flexibility index (Phi) is 8.19. The second-order valence-electron chi connectivity index (χ2n) is 8.71. The molecule has 3 aromatic rings. The SMILES string of the molecule is COC(=O)[C@H](Cc1nc2ccc(/C=C/CNc3ccccn3)cc2c(=O)[nH]1)NC(=O)OC(C)(C)C. The Hall–Kier alpha value is -4.21. The van der Waals surface area contributed by atoms with E-state index in [0.717, 1.165) is 11.4 Å². The molecule has 35 heavy (non-hydrogen) atoms. The molecule has 184 valence electrons. The van der Waals surface area contributed by atoms with Crippen LogP contribution >= 0.6 is 0 Å². The second-order valence-corrected chi connectivity index (χ2v) is 8.71. The van der Waals surface area contributed by atoms with Crippen molar-refractivity contribution >= 4 is 34.9 Å². The van der Waals surface area contributed by atoms with Gasteiger partial charge in [0.2, 0.25) is 0 Å². The van der Waals surface area contributed by atoms with E-state index in [0.29, 0.717) is 17.4 Å². The normalized spacial score (nSPS) is 12.3. The number of carbonyl (C=O) groups is 2. The number of esters is 1. The maximum Gasteiger partial charge on any atom is 0.408 e. The molecular formula is C25H29N5O5. The van der Waals surface area contributed by atoms with E-state index in [9.17, 15) is 14.4 Å². The number of nitrogens with one attached hydrogen (secondary N) is 3. The Morgan fingerprint density at radius 2 is 2.00 bits per heavy atom. The van der Waals surface area contributed by atoms with Gasteiger partial charge in [-0.25, -0.2) is 19.6 Å². The van der Waals surface area contributed by atoms with Gasteiger partial charge in [-0.1, -0.05) is 24.3 Å². The highest BCUT2D eigenvalue weighted by Crippen LogP contribution is 2.13. The molecule has 3 rings (SSSR count). The molecule has 3 N–H and O–H groups in total. The van der Waals surface area contributed by atoms with Crippen LogP contribution < -0.4 is 16.2 Å². The number of methoxy groups -OCH3 is 1. The van der Waals surface area contributed by atoms with Gasteiger partial charge in [0, 0.05) is 19.2 Å². The van der Waals surface area contributed by atoms with Gasteiger partial charge in [-0.3, -0.25) is 4.79 Å². The van der Waals surface area contributed by atoms with Gasteiger partial charge in [0.1, 0.15) is 23.3 Å². The Balaban J connectivity index is 1.72. The molecule has 0 aliphatic rings. The molecule has 0 bridgehead atoms. The minimum Gasteiger partial charge on any atom is -0.467 e. The number of hydrogen-bond acceptors (Lipinski definition) is 8.